The molecule has 0 fully saturated rings. The molecule has 0 aromatic heterocycles. The molecule has 1 unspecified atom stereocenters. The zero-order valence-corrected chi connectivity index (χ0v) is 6.89. The molecular formula is C10H14. The normalized spacial score (nSPS) is 25.3. The smallest absolute Gasteiger partial charge is 0.00456 e. The van der Waals surface area contributed by atoms with Gasteiger partial charge >= 0.3 is 0 Å². The SMILES string of the molecule is CC1=CC(C)C(C)=CC=C1. The van der Waals surface area contributed by atoms with E-state index in [9.17, 15) is 0 Å². The molecule has 1 aliphatic rings. The fourth-order valence-corrected chi connectivity index (χ4v) is 1.08. The Balaban J connectivity index is 2.88. The van der Waals surface area contributed by atoms with Crippen LogP contribution in [0.1, 0.15) is 20.8 Å². The first-order valence-electron chi connectivity index (χ1n) is 3.73. The van der Waals surface area contributed by atoms with Crippen LogP contribution in [0.2, 0.25) is 0 Å². The van der Waals surface area contributed by atoms with Crippen LogP contribution in [0.25, 0.3) is 0 Å². The summed E-state index contributed by atoms with van der Waals surface area (Å²) in [5, 5.41) is 0. The highest BCUT2D eigenvalue weighted by molar-refractivity contribution is 5.29. The van der Waals surface area contributed by atoms with E-state index in [0.29, 0.717) is 5.92 Å². The van der Waals surface area contributed by atoms with Crippen molar-refractivity contribution in [2.24, 2.45) is 5.92 Å². The lowest BCUT2D eigenvalue weighted by molar-refractivity contribution is 0.859. The van der Waals surface area contributed by atoms with E-state index in [4.69, 9.17) is 0 Å². The maximum absolute atomic E-state index is 2.29. The zero-order valence-electron chi connectivity index (χ0n) is 6.89. The van der Waals surface area contributed by atoms with Crippen molar-refractivity contribution >= 4 is 0 Å². The zero-order chi connectivity index (χ0) is 7.56. The van der Waals surface area contributed by atoms with Gasteiger partial charge in [0.25, 0.3) is 0 Å². The van der Waals surface area contributed by atoms with Crippen LogP contribution >= 0.6 is 0 Å². The van der Waals surface area contributed by atoms with Crippen molar-refractivity contribution in [3.05, 3.63) is 35.5 Å². The highest BCUT2D eigenvalue weighted by Gasteiger charge is 2.00. The highest BCUT2D eigenvalue weighted by atomic mass is 14.1. The summed E-state index contributed by atoms with van der Waals surface area (Å²) in [7, 11) is 0. The van der Waals surface area contributed by atoms with Gasteiger partial charge in [0, 0.05) is 0 Å². The number of allylic oxidation sites excluding steroid dienone is 6. The summed E-state index contributed by atoms with van der Waals surface area (Å²) < 4.78 is 0. The summed E-state index contributed by atoms with van der Waals surface area (Å²) in [5.41, 5.74) is 2.80. The van der Waals surface area contributed by atoms with E-state index in [0.717, 1.165) is 0 Å². The molecule has 0 aromatic carbocycles. The number of hydrogen-bond donors (Lipinski definition) is 0. The molecule has 0 N–H and O–H groups in total. The van der Waals surface area contributed by atoms with E-state index in [1.807, 2.05) is 0 Å². The van der Waals surface area contributed by atoms with Crippen molar-refractivity contribution in [1.82, 2.24) is 0 Å². The van der Waals surface area contributed by atoms with Gasteiger partial charge in [-0.1, -0.05) is 42.4 Å². The molecule has 0 heteroatoms. The molecule has 0 saturated heterocycles. The number of hydrogen-bond acceptors (Lipinski definition) is 0. The third kappa shape index (κ3) is 1.60. The first-order valence-corrected chi connectivity index (χ1v) is 3.73. The summed E-state index contributed by atoms with van der Waals surface area (Å²) >= 11 is 0. The predicted molar refractivity (Wildman–Crippen MR) is 45.8 cm³/mol. The second-order valence-electron chi connectivity index (χ2n) is 2.97. The maximum Gasteiger partial charge on any atom is -0.00456 e. The van der Waals surface area contributed by atoms with Gasteiger partial charge in [0.1, 0.15) is 0 Å². The molecule has 0 spiro atoms. The molecule has 0 amide bonds. The molecule has 54 valence electrons. The molecule has 0 aliphatic heterocycles. The molecule has 0 nitrogen and oxygen atoms in total. The van der Waals surface area contributed by atoms with Crippen LogP contribution in [0.4, 0.5) is 0 Å². The molecule has 0 bridgehead atoms. The van der Waals surface area contributed by atoms with Gasteiger partial charge in [-0.05, 0) is 19.8 Å². The first kappa shape index (κ1) is 7.33. The summed E-state index contributed by atoms with van der Waals surface area (Å²) in [6.45, 7) is 6.53. The Bertz CT molecular complexity index is 204. The quantitative estimate of drug-likeness (QED) is 0.477. The average molecular weight is 134 g/mol. The lowest BCUT2D eigenvalue weighted by Gasteiger charge is -2.04. The molecule has 0 aromatic rings. The van der Waals surface area contributed by atoms with Crippen molar-refractivity contribution in [2.45, 2.75) is 20.8 Å². The molecule has 0 heterocycles. The van der Waals surface area contributed by atoms with Crippen molar-refractivity contribution in [3.8, 4) is 0 Å². The Morgan fingerprint density at radius 1 is 1.30 bits per heavy atom. The highest BCUT2D eigenvalue weighted by Crippen LogP contribution is 2.16. The minimum atomic E-state index is 0.606. The van der Waals surface area contributed by atoms with Gasteiger partial charge in [-0.3, -0.25) is 0 Å². The lowest BCUT2D eigenvalue weighted by atomic mass is 10.0. The van der Waals surface area contributed by atoms with E-state index in [-0.39, 0.29) is 0 Å². The molecule has 1 aliphatic carbocycles. The van der Waals surface area contributed by atoms with Crippen molar-refractivity contribution < 1.29 is 0 Å². The van der Waals surface area contributed by atoms with E-state index < -0.39 is 0 Å². The third-order valence-corrected chi connectivity index (χ3v) is 1.95. The van der Waals surface area contributed by atoms with Crippen LogP contribution in [0.15, 0.2) is 35.5 Å². The van der Waals surface area contributed by atoms with Crippen LogP contribution in [0, 0.1) is 5.92 Å². The van der Waals surface area contributed by atoms with Crippen LogP contribution < -0.4 is 0 Å². The van der Waals surface area contributed by atoms with Crippen LogP contribution in [0.5, 0.6) is 0 Å². The second-order valence-corrected chi connectivity index (χ2v) is 2.97. The third-order valence-electron chi connectivity index (χ3n) is 1.95. The van der Waals surface area contributed by atoms with Gasteiger partial charge in [-0.15, -0.1) is 0 Å². The van der Waals surface area contributed by atoms with Gasteiger partial charge in [0.2, 0.25) is 0 Å². The van der Waals surface area contributed by atoms with Crippen molar-refractivity contribution in [2.75, 3.05) is 0 Å². The molecule has 10 heavy (non-hydrogen) atoms. The van der Waals surface area contributed by atoms with Gasteiger partial charge in [0.05, 0.1) is 0 Å². The Kier molecular flexibility index (Phi) is 2.10. The maximum atomic E-state index is 2.29. The Morgan fingerprint density at radius 2 is 2.00 bits per heavy atom. The standard InChI is InChI=1S/C10H14/c1-8-5-4-6-9(2)10(3)7-8/h4-7,10H,1-3H3. The fourth-order valence-electron chi connectivity index (χ4n) is 1.08. The molecule has 1 rings (SSSR count). The predicted octanol–water partition coefficient (Wildman–Crippen LogP) is 3.08. The minimum absolute atomic E-state index is 0.606. The van der Waals surface area contributed by atoms with Gasteiger partial charge in [-0.2, -0.15) is 0 Å². The van der Waals surface area contributed by atoms with E-state index >= 15 is 0 Å². The van der Waals surface area contributed by atoms with Gasteiger partial charge in [0.15, 0.2) is 0 Å². The second kappa shape index (κ2) is 2.87. The molecule has 0 saturated carbocycles. The summed E-state index contributed by atoms with van der Waals surface area (Å²) in [6, 6.07) is 0. The molecular weight excluding hydrogens is 120 g/mol. The largest absolute Gasteiger partial charge is 0.0747 e. The Labute approximate surface area is 62.9 Å². The van der Waals surface area contributed by atoms with Gasteiger partial charge < -0.3 is 0 Å². The first-order chi connectivity index (χ1) is 4.70. The van der Waals surface area contributed by atoms with Crippen molar-refractivity contribution in [3.63, 3.8) is 0 Å². The van der Waals surface area contributed by atoms with Gasteiger partial charge in [-0.25, -0.2) is 0 Å². The summed E-state index contributed by atoms with van der Waals surface area (Å²) in [6.07, 6.45) is 8.73. The Hall–Kier alpha value is -0.780. The average Bonchev–Trinajstić information content (AvgIpc) is 1.96. The summed E-state index contributed by atoms with van der Waals surface area (Å²) in [4.78, 5) is 0. The van der Waals surface area contributed by atoms with Crippen LogP contribution in [-0.2, 0) is 0 Å². The lowest BCUT2D eigenvalue weighted by Crippen LogP contribution is -1.89. The molecule has 1 atom stereocenters. The van der Waals surface area contributed by atoms with Crippen LogP contribution in [0.3, 0.4) is 0 Å². The number of rotatable bonds is 0. The van der Waals surface area contributed by atoms with Crippen molar-refractivity contribution in [1.29, 1.82) is 0 Å². The molecule has 0 radical (unpaired) electrons. The van der Waals surface area contributed by atoms with E-state index in [2.05, 4.69) is 45.1 Å². The monoisotopic (exact) mass is 134 g/mol. The Morgan fingerprint density at radius 3 is 2.70 bits per heavy atom. The fraction of sp³-hybridized carbons (Fsp3) is 0.400. The summed E-state index contributed by atoms with van der Waals surface area (Å²) in [5.74, 6) is 0.606. The van der Waals surface area contributed by atoms with E-state index in [1.165, 1.54) is 11.1 Å². The topological polar surface area (TPSA) is 0 Å². The van der Waals surface area contributed by atoms with Crippen LogP contribution in [-0.4, -0.2) is 0 Å². The van der Waals surface area contributed by atoms with E-state index in [1.54, 1.807) is 0 Å². The minimum Gasteiger partial charge on any atom is -0.0747 e.